The summed E-state index contributed by atoms with van der Waals surface area (Å²) in [6.45, 7) is 0. The van der Waals surface area contributed by atoms with Gasteiger partial charge in [0, 0.05) is 23.5 Å². The molecule has 21 heavy (non-hydrogen) atoms. The van der Waals surface area contributed by atoms with Crippen LogP contribution in [-0.4, -0.2) is 15.1 Å². The molecule has 106 valence electrons. The second-order valence-electron chi connectivity index (χ2n) is 4.24. The maximum atomic E-state index is 12.7. The number of benzene rings is 1. The predicted octanol–water partition coefficient (Wildman–Crippen LogP) is 3.82. The molecule has 0 spiro atoms. The van der Waals surface area contributed by atoms with Gasteiger partial charge in [-0.2, -0.15) is 18.2 Å². The van der Waals surface area contributed by atoms with Crippen LogP contribution in [0.3, 0.4) is 0 Å². The van der Waals surface area contributed by atoms with E-state index in [0.29, 0.717) is 5.56 Å². The van der Waals surface area contributed by atoms with Crippen LogP contribution in [0, 0.1) is 0 Å². The van der Waals surface area contributed by atoms with Crippen molar-refractivity contribution in [2.45, 2.75) is 6.18 Å². The van der Waals surface area contributed by atoms with E-state index < -0.39 is 11.7 Å². The molecule has 3 rings (SSSR count). The lowest BCUT2D eigenvalue weighted by molar-refractivity contribution is -0.137. The minimum absolute atomic E-state index is 0.105. The zero-order valence-corrected chi connectivity index (χ0v) is 10.5. The Kier molecular flexibility index (Phi) is 3.17. The minimum atomic E-state index is -4.41. The van der Waals surface area contributed by atoms with Gasteiger partial charge in [0.1, 0.15) is 0 Å². The van der Waals surface area contributed by atoms with Crippen LogP contribution in [0.25, 0.3) is 22.8 Å². The van der Waals surface area contributed by atoms with Gasteiger partial charge in [-0.1, -0.05) is 17.3 Å². The van der Waals surface area contributed by atoms with Gasteiger partial charge in [0.15, 0.2) is 0 Å². The van der Waals surface area contributed by atoms with Crippen molar-refractivity contribution in [1.29, 1.82) is 0 Å². The zero-order chi connectivity index (χ0) is 14.9. The Balaban J connectivity index is 1.97. The summed E-state index contributed by atoms with van der Waals surface area (Å²) in [6, 6.07) is 8.12. The lowest BCUT2D eigenvalue weighted by Gasteiger charge is -2.06. The molecule has 0 saturated heterocycles. The second kappa shape index (κ2) is 5.01. The summed E-state index contributed by atoms with van der Waals surface area (Å²) in [4.78, 5) is 7.96. The molecular weight excluding hydrogens is 283 g/mol. The number of hydrogen-bond donors (Lipinski definition) is 0. The van der Waals surface area contributed by atoms with Crippen molar-refractivity contribution in [3.8, 4) is 22.8 Å². The Morgan fingerprint density at radius 2 is 1.71 bits per heavy atom. The summed E-state index contributed by atoms with van der Waals surface area (Å²) in [5, 5.41) is 3.71. The lowest BCUT2D eigenvalue weighted by atomic mass is 10.1. The van der Waals surface area contributed by atoms with Crippen molar-refractivity contribution < 1.29 is 17.7 Å². The van der Waals surface area contributed by atoms with Gasteiger partial charge in [-0.15, -0.1) is 0 Å². The largest absolute Gasteiger partial charge is 0.416 e. The van der Waals surface area contributed by atoms with Crippen LogP contribution in [0.5, 0.6) is 0 Å². The SMILES string of the molecule is FC(F)(F)c1cccc(-c2noc(-c3ccncc3)n2)c1. The molecule has 0 unspecified atom stereocenters. The fourth-order valence-corrected chi connectivity index (χ4v) is 1.79. The molecule has 0 fully saturated rings. The van der Waals surface area contributed by atoms with Crippen molar-refractivity contribution in [2.24, 2.45) is 0 Å². The maximum Gasteiger partial charge on any atom is 0.416 e. The van der Waals surface area contributed by atoms with E-state index in [4.69, 9.17) is 4.52 Å². The van der Waals surface area contributed by atoms with E-state index in [1.165, 1.54) is 12.1 Å². The van der Waals surface area contributed by atoms with Crippen LogP contribution in [0.2, 0.25) is 0 Å². The molecule has 0 bridgehead atoms. The fourth-order valence-electron chi connectivity index (χ4n) is 1.79. The number of rotatable bonds is 2. The fraction of sp³-hybridized carbons (Fsp3) is 0.0714. The Labute approximate surface area is 117 Å². The first-order valence-electron chi connectivity index (χ1n) is 5.96. The summed E-state index contributed by atoms with van der Waals surface area (Å²) in [5.74, 6) is 0.331. The minimum Gasteiger partial charge on any atom is -0.334 e. The highest BCUT2D eigenvalue weighted by Gasteiger charge is 2.30. The number of aromatic nitrogens is 3. The van der Waals surface area contributed by atoms with Crippen LogP contribution in [0.4, 0.5) is 13.2 Å². The first kappa shape index (κ1) is 13.3. The average molecular weight is 291 g/mol. The smallest absolute Gasteiger partial charge is 0.334 e. The Morgan fingerprint density at radius 3 is 2.43 bits per heavy atom. The standard InChI is InChI=1S/C14H8F3N3O/c15-14(16,17)11-3-1-2-10(8-11)12-19-13(21-20-12)9-4-6-18-7-5-9/h1-8H. The van der Waals surface area contributed by atoms with Crippen molar-refractivity contribution in [3.63, 3.8) is 0 Å². The molecule has 2 aromatic heterocycles. The van der Waals surface area contributed by atoms with Crippen LogP contribution < -0.4 is 0 Å². The topological polar surface area (TPSA) is 51.8 Å². The molecule has 0 aliphatic carbocycles. The molecule has 0 aliphatic rings. The second-order valence-corrected chi connectivity index (χ2v) is 4.24. The van der Waals surface area contributed by atoms with Crippen molar-refractivity contribution in [2.75, 3.05) is 0 Å². The predicted molar refractivity (Wildman–Crippen MR) is 68.0 cm³/mol. The third kappa shape index (κ3) is 2.76. The summed E-state index contributed by atoms with van der Waals surface area (Å²) < 4.78 is 43.1. The number of pyridine rings is 1. The highest BCUT2D eigenvalue weighted by atomic mass is 19.4. The van der Waals surface area contributed by atoms with Crippen LogP contribution >= 0.6 is 0 Å². The molecule has 0 aliphatic heterocycles. The molecule has 2 heterocycles. The summed E-state index contributed by atoms with van der Waals surface area (Å²) in [6.07, 6.45) is -1.29. The maximum absolute atomic E-state index is 12.7. The van der Waals surface area contributed by atoms with E-state index in [2.05, 4.69) is 15.1 Å². The van der Waals surface area contributed by atoms with Gasteiger partial charge in [0.2, 0.25) is 5.82 Å². The number of alkyl halides is 3. The van der Waals surface area contributed by atoms with E-state index in [0.717, 1.165) is 12.1 Å². The van der Waals surface area contributed by atoms with Gasteiger partial charge < -0.3 is 4.52 Å². The highest BCUT2D eigenvalue weighted by molar-refractivity contribution is 5.60. The Hall–Kier alpha value is -2.70. The highest BCUT2D eigenvalue weighted by Crippen LogP contribution is 2.31. The number of halogens is 3. The van der Waals surface area contributed by atoms with Gasteiger partial charge in [-0.3, -0.25) is 4.98 Å². The molecule has 0 atom stereocenters. The van der Waals surface area contributed by atoms with Gasteiger partial charge in [-0.05, 0) is 24.3 Å². The van der Waals surface area contributed by atoms with Gasteiger partial charge in [0.05, 0.1) is 5.56 Å². The third-order valence-corrected chi connectivity index (χ3v) is 2.80. The van der Waals surface area contributed by atoms with Crippen molar-refractivity contribution in [3.05, 3.63) is 54.4 Å². The average Bonchev–Trinajstić information content (AvgIpc) is 2.97. The van der Waals surface area contributed by atoms with Crippen molar-refractivity contribution in [1.82, 2.24) is 15.1 Å². The number of hydrogen-bond acceptors (Lipinski definition) is 4. The van der Waals surface area contributed by atoms with Crippen LogP contribution in [0.15, 0.2) is 53.3 Å². The third-order valence-electron chi connectivity index (χ3n) is 2.80. The first-order chi connectivity index (χ1) is 10.0. The van der Waals surface area contributed by atoms with Crippen LogP contribution in [0.1, 0.15) is 5.56 Å². The van der Waals surface area contributed by atoms with E-state index in [-0.39, 0.29) is 17.3 Å². The quantitative estimate of drug-likeness (QED) is 0.720. The van der Waals surface area contributed by atoms with E-state index >= 15 is 0 Å². The summed E-state index contributed by atoms with van der Waals surface area (Å²) in [7, 11) is 0. The van der Waals surface area contributed by atoms with E-state index in [1.54, 1.807) is 24.5 Å². The molecule has 0 saturated carbocycles. The summed E-state index contributed by atoms with van der Waals surface area (Å²) in [5.41, 5.74) is 0.139. The van der Waals surface area contributed by atoms with Gasteiger partial charge >= 0.3 is 6.18 Å². The molecule has 7 heteroatoms. The van der Waals surface area contributed by atoms with E-state index in [9.17, 15) is 13.2 Å². The van der Waals surface area contributed by atoms with Gasteiger partial charge in [-0.25, -0.2) is 0 Å². The van der Waals surface area contributed by atoms with E-state index in [1.807, 2.05) is 0 Å². The zero-order valence-electron chi connectivity index (χ0n) is 10.5. The Morgan fingerprint density at radius 1 is 0.952 bits per heavy atom. The summed E-state index contributed by atoms with van der Waals surface area (Å²) >= 11 is 0. The molecule has 1 aromatic carbocycles. The molecule has 0 amide bonds. The van der Waals surface area contributed by atoms with Crippen LogP contribution in [-0.2, 0) is 6.18 Å². The monoisotopic (exact) mass is 291 g/mol. The number of nitrogens with zero attached hydrogens (tertiary/aromatic N) is 3. The first-order valence-corrected chi connectivity index (χ1v) is 5.96. The molecule has 3 aromatic rings. The molecular formula is C14H8F3N3O. The van der Waals surface area contributed by atoms with Crippen molar-refractivity contribution >= 4 is 0 Å². The Bertz CT molecular complexity index is 753. The lowest BCUT2D eigenvalue weighted by Crippen LogP contribution is -2.04. The molecule has 0 N–H and O–H groups in total. The molecule has 0 radical (unpaired) electrons. The normalized spacial score (nSPS) is 11.6. The van der Waals surface area contributed by atoms with Gasteiger partial charge in [0.25, 0.3) is 5.89 Å². The molecule has 4 nitrogen and oxygen atoms in total.